The SMILES string of the molecule is C[C@H](O)c1ccc(-n2ccc(C(N)=O)n2)c([N+](=O)[O-])c1. The lowest BCUT2D eigenvalue weighted by molar-refractivity contribution is -0.384. The third-order valence-corrected chi connectivity index (χ3v) is 2.77. The molecule has 3 N–H and O–H groups in total. The molecule has 0 fully saturated rings. The van der Waals surface area contributed by atoms with Crippen LogP contribution in [0, 0.1) is 10.1 Å². The van der Waals surface area contributed by atoms with E-state index in [2.05, 4.69) is 5.10 Å². The average molecular weight is 276 g/mol. The maximum Gasteiger partial charge on any atom is 0.295 e. The molecular weight excluding hydrogens is 264 g/mol. The fourth-order valence-electron chi connectivity index (χ4n) is 1.73. The summed E-state index contributed by atoms with van der Waals surface area (Å²) < 4.78 is 1.20. The third-order valence-electron chi connectivity index (χ3n) is 2.77. The highest BCUT2D eigenvalue weighted by Crippen LogP contribution is 2.26. The van der Waals surface area contributed by atoms with Gasteiger partial charge in [0.2, 0.25) is 0 Å². The molecule has 0 saturated carbocycles. The maximum atomic E-state index is 11.1. The van der Waals surface area contributed by atoms with Gasteiger partial charge < -0.3 is 10.8 Å². The first-order valence-corrected chi connectivity index (χ1v) is 5.72. The standard InChI is InChI=1S/C12H12N4O4/c1-7(17)8-2-3-10(11(6-8)16(19)20)15-5-4-9(14-15)12(13)18/h2-7,17H,1H3,(H2,13,18)/t7-/m0/s1. The Hall–Kier alpha value is -2.74. The maximum absolute atomic E-state index is 11.1. The van der Waals surface area contributed by atoms with E-state index in [-0.39, 0.29) is 17.1 Å². The zero-order valence-corrected chi connectivity index (χ0v) is 10.6. The van der Waals surface area contributed by atoms with Crippen molar-refractivity contribution >= 4 is 11.6 Å². The first-order valence-electron chi connectivity index (χ1n) is 5.72. The topological polar surface area (TPSA) is 124 Å². The number of aromatic nitrogens is 2. The minimum Gasteiger partial charge on any atom is -0.389 e. The van der Waals surface area contributed by atoms with Crippen molar-refractivity contribution < 1.29 is 14.8 Å². The number of primary amides is 1. The van der Waals surface area contributed by atoms with Crippen LogP contribution in [0.2, 0.25) is 0 Å². The number of nitro benzene ring substituents is 1. The fourth-order valence-corrected chi connectivity index (χ4v) is 1.73. The van der Waals surface area contributed by atoms with Crippen LogP contribution in [0.15, 0.2) is 30.5 Å². The summed E-state index contributed by atoms with van der Waals surface area (Å²) >= 11 is 0. The van der Waals surface area contributed by atoms with E-state index in [9.17, 15) is 20.0 Å². The van der Waals surface area contributed by atoms with Crippen LogP contribution >= 0.6 is 0 Å². The van der Waals surface area contributed by atoms with Crippen LogP contribution < -0.4 is 5.73 Å². The van der Waals surface area contributed by atoms with Crippen LogP contribution in [-0.2, 0) is 0 Å². The Morgan fingerprint density at radius 3 is 2.70 bits per heavy atom. The highest BCUT2D eigenvalue weighted by Gasteiger charge is 2.19. The molecule has 0 aliphatic rings. The van der Waals surface area contributed by atoms with E-state index in [0.29, 0.717) is 5.56 Å². The zero-order valence-electron chi connectivity index (χ0n) is 10.6. The van der Waals surface area contributed by atoms with Crippen LogP contribution in [0.1, 0.15) is 29.1 Å². The van der Waals surface area contributed by atoms with E-state index in [1.807, 2.05) is 0 Å². The molecule has 0 aliphatic carbocycles. The van der Waals surface area contributed by atoms with Gasteiger partial charge in [-0.2, -0.15) is 5.10 Å². The van der Waals surface area contributed by atoms with Gasteiger partial charge in [-0.25, -0.2) is 4.68 Å². The van der Waals surface area contributed by atoms with Crippen molar-refractivity contribution in [3.05, 3.63) is 51.8 Å². The van der Waals surface area contributed by atoms with Gasteiger partial charge in [0.05, 0.1) is 11.0 Å². The Morgan fingerprint density at radius 1 is 1.50 bits per heavy atom. The number of carbonyl (C=O) groups is 1. The largest absolute Gasteiger partial charge is 0.389 e. The van der Waals surface area contributed by atoms with E-state index in [1.165, 1.54) is 36.0 Å². The van der Waals surface area contributed by atoms with Gasteiger partial charge in [0.25, 0.3) is 11.6 Å². The third kappa shape index (κ3) is 2.50. The van der Waals surface area contributed by atoms with Crippen LogP contribution in [-0.4, -0.2) is 25.7 Å². The molecule has 0 unspecified atom stereocenters. The number of hydrogen-bond donors (Lipinski definition) is 2. The predicted molar refractivity (Wildman–Crippen MR) is 69.4 cm³/mol. The Kier molecular flexibility index (Phi) is 3.49. The molecule has 0 spiro atoms. The van der Waals surface area contributed by atoms with E-state index >= 15 is 0 Å². The summed E-state index contributed by atoms with van der Waals surface area (Å²) in [5.74, 6) is -0.716. The molecule has 1 aromatic heterocycles. The normalized spacial score (nSPS) is 12.1. The van der Waals surface area contributed by atoms with Crippen molar-refractivity contribution in [2.24, 2.45) is 5.73 Å². The van der Waals surface area contributed by atoms with Gasteiger partial charge in [-0.05, 0) is 24.6 Å². The highest BCUT2D eigenvalue weighted by atomic mass is 16.6. The minimum absolute atomic E-state index is 0.0129. The van der Waals surface area contributed by atoms with Gasteiger partial charge in [-0.15, -0.1) is 0 Å². The van der Waals surface area contributed by atoms with Gasteiger partial charge in [0.15, 0.2) is 0 Å². The number of nitro groups is 1. The number of nitrogens with zero attached hydrogens (tertiary/aromatic N) is 3. The van der Waals surface area contributed by atoms with Crippen LogP contribution in [0.4, 0.5) is 5.69 Å². The molecule has 8 nitrogen and oxygen atoms in total. The van der Waals surface area contributed by atoms with Crippen molar-refractivity contribution in [3.63, 3.8) is 0 Å². The minimum atomic E-state index is -0.818. The molecule has 2 rings (SSSR count). The monoisotopic (exact) mass is 276 g/mol. The summed E-state index contributed by atoms with van der Waals surface area (Å²) in [7, 11) is 0. The Balaban J connectivity index is 2.54. The number of hydrogen-bond acceptors (Lipinski definition) is 5. The molecule has 0 aliphatic heterocycles. The second kappa shape index (κ2) is 5.10. The number of carbonyl (C=O) groups excluding carboxylic acids is 1. The molecular formula is C12H12N4O4. The first kappa shape index (κ1) is 13.7. The Labute approximate surface area is 113 Å². The summed E-state index contributed by atoms with van der Waals surface area (Å²) in [6.07, 6.45) is 0.589. The molecule has 1 atom stereocenters. The molecule has 1 heterocycles. The smallest absolute Gasteiger partial charge is 0.295 e. The van der Waals surface area contributed by atoms with Crippen LogP contribution in [0.3, 0.4) is 0 Å². The van der Waals surface area contributed by atoms with Crippen LogP contribution in [0.5, 0.6) is 0 Å². The fraction of sp³-hybridized carbons (Fsp3) is 0.167. The van der Waals surface area contributed by atoms with Crippen molar-refractivity contribution in [2.75, 3.05) is 0 Å². The van der Waals surface area contributed by atoms with Gasteiger partial charge in [-0.1, -0.05) is 6.07 Å². The van der Waals surface area contributed by atoms with Gasteiger partial charge in [0, 0.05) is 12.3 Å². The highest BCUT2D eigenvalue weighted by molar-refractivity contribution is 5.90. The van der Waals surface area contributed by atoms with Crippen molar-refractivity contribution in [2.45, 2.75) is 13.0 Å². The molecule has 8 heteroatoms. The van der Waals surface area contributed by atoms with Crippen molar-refractivity contribution in [1.29, 1.82) is 0 Å². The second-order valence-corrected chi connectivity index (χ2v) is 4.19. The number of rotatable bonds is 4. The molecule has 0 bridgehead atoms. The number of benzene rings is 1. The van der Waals surface area contributed by atoms with Crippen molar-refractivity contribution in [3.8, 4) is 5.69 Å². The lowest BCUT2D eigenvalue weighted by atomic mass is 10.1. The lowest BCUT2D eigenvalue weighted by Crippen LogP contribution is -2.12. The van der Waals surface area contributed by atoms with E-state index in [4.69, 9.17) is 5.73 Å². The van der Waals surface area contributed by atoms with Gasteiger partial charge in [0.1, 0.15) is 11.4 Å². The second-order valence-electron chi connectivity index (χ2n) is 4.19. The van der Waals surface area contributed by atoms with Gasteiger partial charge in [-0.3, -0.25) is 14.9 Å². The molecule has 1 amide bonds. The van der Waals surface area contributed by atoms with E-state index < -0.39 is 16.9 Å². The summed E-state index contributed by atoms with van der Waals surface area (Å²) in [6, 6.07) is 5.65. The van der Waals surface area contributed by atoms with Crippen molar-refractivity contribution in [1.82, 2.24) is 9.78 Å². The molecule has 0 saturated heterocycles. The summed E-state index contributed by atoms with van der Waals surface area (Å²) in [4.78, 5) is 21.5. The number of aliphatic hydroxyl groups is 1. The average Bonchev–Trinajstić information content (AvgIpc) is 2.87. The Bertz CT molecular complexity index is 678. The summed E-state index contributed by atoms with van der Waals surface area (Å²) in [6.45, 7) is 1.51. The summed E-state index contributed by atoms with van der Waals surface area (Å²) in [5, 5.41) is 24.4. The molecule has 104 valence electrons. The number of nitrogens with two attached hydrogens (primary N) is 1. The quantitative estimate of drug-likeness (QED) is 0.635. The van der Waals surface area contributed by atoms with Gasteiger partial charge >= 0.3 is 0 Å². The molecule has 1 aromatic carbocycles. The molecule has 0 radical (unpaired) electrons. The van der Waals surface area contributed by atoms with E-state index in [0.717, 1.165) is 0 Å². The zero-order chi connectivity index (χ0) is 14.9. The summed E-state index contributed by atoms with van der Waals surface area (Å²) in [5.41, 5.74) is 5.48. The van der Waals surface area contributed by atoms with E-state index in [1.54, 1.807) is 6.07 Å². The molecule has 2 aromatic rings. The lowest BCUT2D eigenvalue weighted by Gasteiger charge is -2.07. The molecule has 20 heavy (non-hydrogen) atoms. The Morgan fingerprint density at radius 2 is 2.20 bits per heavy atom. The predicted octanol–water partition coefficient (Wildman–Crippen LogP) is 0.933. The first-order chi connectivity index (χ1) is 9.40. The van der Waals surface area contributed by atoms with Crippen LogP contribution in [0.25, 0.3) is 5.69 Å². The number of amides is 1. The number of aliphatic hydroxyl groups excluding tert-OH is 1.